The number of halogens is 2. The Morgan fingerprint density at radius 3 is 1.50 bits per heavy atom. The topological polar surface area (TPSA) is 40.6 Å². The summed E-state index contributed by atoms with van der Waals surface area (Å²) in [6.07, 6.45) is 1.95. The Hall–Kier alpha value is -2.06. The van der Waals surface area contributed by atoms with Crippen molar-refractivity contribution < 1.29 is 18.4 Å². The fraction of sp³-hybridized carbons (Fsp3) is 0.300. The van der Waals surface area contributed by atoms with Crippen LogP contribution in [-0.4, -0.2) is 25.9 Å². The summed E-state index contributed by atoms with van der Waals surface area (Å²) in [5, 5.41) is 0. The highest BCUT2D eigenvalue weighted by atomic mass is 33.1. The smallest absolute Gasteiger partial charge is 0.227 e. The molecule has 0 radical (unpaired) electrons. The number of benzene rings is 2. The Labute approximate surface area is 169 Å². The molecule has 2 aromatic carbocycles. The maximum absolute atomic E-state index is 14.5. The minimum atomic E-state index is -0.429. The standard InChI is InChI=1S/C20H18F2N2O2S2/c1-23-15-9-13(21)17(7-11(15)3-5-19(23)25)27-28-18-8-12-4-6-20(26)24(2)16(12)10-14(18)22/h7-10H,3-6H2,1-2H3. The molecule has 2 heterocycles. The van der Waals surface area contributed by atoms with Crippen LogP contribution in [0.4, 0.5) is 20.2 Å². The predicted molar refractivity (Wildman–Crippen MR) is 108 cm³/mol. The van der Waals surface area contributed by atoms with Crippen molar-refractivity contribution in [2.45, 2.75) is 35.5 Å². The van der Waals surface area contributed by atoms with Crippen LogP contribution in [0.2, 0.25) is 0 Å². The fourth-order valence-electron chi connectivity index (χ4n) is 3.50. The lowest BCUT2D eigenvalue weighted by molar-refractivity contribution is -0.119. The van der Waals surface area contributed by atoms with E-state index in [9.17, 15) is 18.4 Å². The molecular formula is C20H18F2N2O2S2. The second-order valence-corrected chi connectivity index (χ2v) is 9.11. The van der Waals surface area contributed by atoms with Crippen molar-refractivity contribution in [3.8, 4) is 0 Å². The van der Waals surface area contributed by atoms with Gasteiger partial charge in [0.25, 0.3) is 0 Å². The van der Waals surface area contributed by atoms with Gasteiger partial charge in [0.1, 0.15) is 11.6 Å². The van der Waals surface area contributed by atoms with Crippen molar-refractivity contribution in [2.75, 3.05) is 23.9 Å². The van der Waals surface area contributed by atoms with E-state index in [1.54, 1.807) is 26.2 Å². The lowest BCUT2D eigenvalue weighted by atomic mass is 10.0. The number of rotatable bonds is 3. The number of hydrogen-bond acceptors (Lipinski definition) is 4. The first-order chi connectivity index (χ1) is 13.3. The van der Waals surface area contributed by atoms with Crippen LogP contribution in [0.1, 0.15) is 24.0 Å². The average molecular weight is 421 g/mol. The summed E-state index contributed by atoms with van der Waals surface area (Å²) < 4.78 is 29.1. The minimum Gasteiger partial charge on any atom is -0.315 e. The molecule has 2 amide bonds. The van der Waals surface area contributed by atoms with E-state index in [1.165, 1.54) is 21.9 Å². The Morgan fingerprint density at radius 1 is 0.714 bits per heavy atom. The Kier molecular flexibility index (Phi) is 5.09. The van der Waals surface area contributed by atoms with E-state index < -0.39 is 11.6 Å². The van der Waals surface area contributed by atoms with Crippen LogP contribution in [0.25, 0.3) is 0 Å². The molecule has 0 atom stereocenters. The number of anilines is 2. The highest BCUT2D eigenvalue weighted by molar-refractivity contribution is 8.76. The summed E-state index contributed by atoms with van der Waals surface area (Å²) >= 11 is 0. The molecule has 0 N–H and O–H groups in total. The van der Waals surface area contributed by atoms with Crippen molar-refractivity contribution in [2.24, 2.45) is 0 Å². The van der Waals surface area contributed by atoms with Crippen LogP contribution in [0.15, 0.2) is 34.1 Å². The zero-order chi connectivity index (χ0) is 20.0. The van der Waals surface area contributed by atoms with Crippen LogP contribution >= 0.6 is 21.6 Å². The van der Waals surface area contributed by atoms with Crippen molar-refractivity contribution >= 4 is 44.8 Å². The molecule has 0 aromatic heterocycles. The zero-order valence-electron chi connectivity index (χ0n) is 15.4. The molecule has 0 aliphatic carbocycles. The van der Waals surface area contributed by atoms with Gasteiger partial charge in [-0.1, -0.05) is 0 Å². The summed E-state index contributed by atoms with van der Waals surface area (Å²) in [6, 6.07) is 6.24. The highest BCUT2D eigenvalue weighted by Crippen LogP contribution is 2.44. The Morgan fingerprint density at radius 2 is 1.11 bits per heavy atom. The summed E-state index contributed by atoms with van der Waals surface area (Å²) in [4.78, 5) is 27.4. The normalized spacial score (nSPS) is 16.3. The molecule has 28 heavy (non-hydrogen) atoms. The van der Waals surface area contributed by atoms with Crippen LogP contribution in [0, 0.1) is 11.6 Å². The van der Waals surface area contributed by atoms with E-state index in [-0.39, 0.29) is 11.8 Å². The predicted octanol–water partition coefficient (Wildman–Crippen LogP) is 4.58. The number of fused-ring (bicyclic) bond motifs is 2. The minimum absolute atomic E-state index is 0.0266. The maximum Gasteiger partial charge on any atom is 0.227 e. The lowest BCUT2D eigenvalue weighted by Gasteiger charge is -2.26. The van der Waals surface area contributed by atoms with Gasteiger partial charge in [-0.05, 0) is 69.8 Å². The van der Waals surface area contributed by atoms with E-state index in [0.717, 1.165) is 32.7 Å². The molecule has 8 heteroatoms. The first-order valence-electron chi connectivity index (χ1n) is 8.87. The molecule has 2 aliphatic rings. The van der Waals surface area contributed by atoms with Crippen LogP contribution in [0.3, 0.4) is 0 Å². The van der Waals surface area contributed by atoms with E-state index in [2.05, 4.69) is 0 Å². The van der Waals surface area contributed by atoms with Crippen molar-refractivity contribution in [1.82, 2.24) is 0 Å². The molecule has 2 aliphatic heterocycles. The molecule has 0 spiro atoms. The van der Waals surface area contributed by atoms with Crippen LogP contribution in [0.5, 0.6) is 0 Å². The van der Waals surface area contributed by atoms with Gasteiger partial charge in [-0.2, -0.15) is 0 Å². The molecule has 0 bridgehead atoms. The molecule has 146 valence electrons. The fourth-order valence-corrected chi connectivity index (χ4v) is 5.64. The number of hydrogen-bond donors (Lipinski definition) is 0. The molecular weight excluding hydrogens is 402 g/mol. The number of nitrogens with zero attached hydrogens (tertiary/aromatic N) is 2. The second-order valence-electron chi connectivity index (χ2n) is 6.89. The molecule has 0 saturated heterocycles. The Bertz CT molecular complexity index is 917. The second kappa shape index (κ2) is 7.40. The molecule has 4 rings (SSSR count). The maximum atomic E-state index is 14.5. The van der Waals surface area contributed by atoms with Gasteiger partial charge < -0.3 is 9.80 Å². The largest absolute Gasteiger partial charge is 0.315 e. The third kappa shape index (κ3) is 3.39. The van der Waals surface area contributed by atoms with Crippen molar-refractivity contribution in [3.05, 3.63) is 47.0 Å². The number of aryl methyl sites for hydroxylation is 2. The van der Waals surface area contributed by atoms with Gasteiger partial charge in [0.2, 0.25) is 11.8 Å². The molecule has 0 unspecified atom stereocenters. The van der Waals surface area contributed by atoms with Gasteiger partial charge in [0.15, 0.2) is 0 Å². The van der Waals surface area contributed by atoms with Gasteiger partial charge in [-0.25, -0.2) is 8.78 Å². The Balaban J connectivity index is 1.57. The third-order valence-corrected chi connectivity index (χ3v) is 7.57. The van der Waals surface area contributed by atoms with E-state index in [4.69, 9.17) is 0 Å². The van der Waals surface area contributed by atoms with Crippen molar-refractivity contribution in [3.63, 3.8) is 0 Å². The van der Waals surface area contributed by atoms with Gasteiger partial charge >= 0.3 is 0 Å². The summed E-state index contributed by atoms with van der Waals surface area (Å²) in [7, 11) is 5.61. The molecule has 0 saturated carbocycles. The molecule has 2 aromatic rings. The van der Waals surface area contributed by atoms with Crippen molar-refractivity contribution in [1.29, 1.82) is 0 Å². The van der Waals surface area contributed by atoms with Gasteiger partial charge in [-0.3, -0.25) is 9.59 Å². The van der Waals surface area contributed by atoms with E-state index >= 15 is 0 Å². The monoisotopic (exact) mass is 420 g/mol. The quantitative estimate of drug-likeness (QED) is 0.682. The first kappa shape index (κ1) is 19.3. The van der Waals surface area contributed by atoms with Gasteiger partial charge in [0.05, 0.1) is 9.79 Å². The number of carbonyl (C=O) groups is 2. The highest BCUT2D eigenvalue weighted by Gasteiger charge is 2.25. The summed E-state index contributed by atoms with van der Waals surface area (Å²) in [5.41, 5.74) is 3.02. The lowest BCUT2D eigenvalue weighted by Crippen LogP contribution is -2.31. The van der Waals surface area contributed by atoms with Gasteiger partial charge in [-0.15, -0.1) is 0 Å². The molecule has 4 nitrogen and oxygen atoms in total. The van der Waals surface area contributed by atoms with Crippen LogP contribution < -0.4 is 9.80 Å². The van der Waals surface area contributed by atoms with E-state index in [0.29, 0.717) is 46.8 Å². The first-order valence-corrected chi connectivity index (χ1v) is 11.0. The number of amides is 2. The zero-order valence-corrected chi connectivity index (χ0v) is 17.1. The number of carbonyl (C=O) groups excluding carboxylic acids is 2. The summed E-state index contributed by atoms with van der Waals surface area (Å²) in [5.74, 6) is -0.912. The van der Waals surface area contributed by atoms with Gasteiger partial charge in [0, 0.05) is 38.3 Å². The van der Waals surface area contributed by atoms with E-state index in [1.807, 2.05) is 0 Å². The summed E-state index contributed by atoms with van der Waals surface area (Å²) in [6.45, 7) is 0. The van der Waals surface area contributed by atoms with Crippen LogP contribution in [-0.2, 0) is 22.4 Å². The molecule has 0 fully saturated rings. The average Bonchev–Trinajstić information content (AvgIpc) is 2.67. The third-order valence-electron chi connectivity index (χ3n) is 5.17. The SMILES string of the molecule is CN1C(=O)CCc2cc(SSc3cc4c(cc3F)N(C)C(=O)CC4)c(F)cc21.